The van der Waals surface area contributed by atoms with E-state index in [-0.39, 0.29) is 29.8 Å². The topological polar surface area (TPSA) is 76.1 Å². The summed E-state index contributed by atoms with van der Waals surface area (Å²) in [5.41, 5.74) is 0.350. The average molecular weight is 444 g/mol. The van der Waals surface area contributed by atoms with E-state index in [1.54, 1.807) is 0 Å². The number of benzene rings is 1. The first-order valence-electron chi connectivity index (χ1n) is 12.1. The smallest absolute Gasteiger partial charge is 0.303 e. The van der Waals surface area contributed by atoms with Crippen molar-refractivity contribution in [1.82, 2.24) is 4.90 Å². The van der Waals surface area contributed by atoms with Crippen LogP contribution < -0.4 is 4.74 Å². The Labute approximate surface area is 191 Å². The van der Waals surface area contributed by atoms with Gasteiger partial charge in [-0.3, -0.25) is 9.59 Å². The van der Waals surface area contributed by atoms with Gasteiger partial charge >= 0.3 is 5.97 Å². The molecular weight excluding hydrogens is 406 g/mol. The summed E-state index contributed by atoms with van der Waals surface area (Å²) in [6, 6.07) is 7.96. The number of amides is 1. The normalized spacial score (nSPS) is 31.7. The molecule has 32 heavy (non-hydrogen) atoms. The highest BCUT2D eigenvalue weighted by atomic mass is 16.5. The molecule has 0 aliphatic carbocycles. The van der Waals surface area contributed by atoms with Gasteiger partial charge in [0.25, 0.3) is 0 Å². The monoisotopic (exact) mass is 443 g/mol. The lowest BCUT2D eigenvalue weighted by molar-refractivity contribution is -0.185. The van der Waals surface area contributed by atoms with E-state index < -0.39 is 11.6 Å². The van der Waals surface area contributed by atoms with Crippen LogP contribution in [0.2, 0.25) is 0 Å². The SMILES string of the molecule is CC(C)CCC(=O)N1CCC[C@@]2(CO[C@@H]3c4ccccc4O[C@](C)(CCC(=O)O)[C@H]3C2)C1. The van der Waals surface area contributed by atoms with Crippen LogP contribution in [0.25, 0.3) is 0 Å². The number of aliphatic carboxylic acids is 1. The van der Waals surface area contributed by atoms with E-state index >= 15 is 0 Å². The van der Waals surface area contributed by atoms with Crippen LogP contribution in [0.1, 0.15) is 77.4 Å². The van der Waals surface area contributed by atoms with Gasteiger partial charge in [-0.2, -0.15) is 0 Å². The van der Waals surface area contributed by atoms with Gasteiger partial charge in [-0.15, -0.1) is 0 Å². The quantitative estimate of drug-likeness (QED) is 0.682. The van der Waals surface area contributed by atoms with Gasteiger partial charge in [0.05, 0.1) is 12.7 Å². The lowest BCUT2D eigenvalue weighted by Crippen LogP contribution is -2.57. The van der Waals surface area contributed by atoms with Crippen molar-refractivity contribution in [3.05, 3.63) is 29.8 Å². The van der Waals surface area contributed by atoms with Crippen molar-refractivity contribution in [3.8, 4) is 5.75 Å². The maximum atomic E-state index is 12.9. The number of para-hydroxylation sites is 1. The molecule has 4 rings (SSSR count). The third-order valence-corrected chi connectivity index (χ3v) is 7.73. The number of fused-ring (bicyclic) bond motifs is 3. The molecule has 0 aromatic heterocycles. The zero-order valence-corrected chi connectivity index (χ0v) is 19.6. The van der Waals surface area contributed by atoms with E-state index in [4.69, 9.17) is 9.47 Å². The number of carboxylic acid groups (broad SMARTS) is 1. The van der Waals surface area contributed by atoms with Crippen LogP contribution in [0.15, 0.2) is 24.3 Å². The summed E-state index contributed by atoms with van der Waals surface area (Å²) in [6.45, 7) is 8.52. The summed E-state index contributed by atoms with van der Waals surface area (Å²) >= 11 is 0. The molecule has 0 radical (unpaired) electrons. The van der Waals surface area contributed by atoms with E-state index in [1.807, 2.05) is 30.0 Å². The van der Waals surface area contributed by atoms with Crippen LogP contribution in [0.5, 0.6) is 5.75 Å². The van der Waals surface area contributed by atoms with E-state index in [1.165, 1.54) is 0 Å². The highest BCUT2D eigenvalue weighted by Crippen LogP contribution is 2.56. The third kappa shape index (κ3) is 4.66. The molecule has 176 valence electrons. The van der Waals surface area contributed by atoms with Crippen LogP contribution in [-0.4, -0.2) is 47.2 Å². The van der Waals surface area contributed by atoms with Crippen molar-refractivity contribution in [3.63, 3.8) is 0 Å². The molecular formula is C26H37NO5. The minimum Gasteiger partial charge on any atom is -0.487 e. The number of carbonyl (C=O) groups excluding carboxylic acids is 1. The first kappa shape index (κ1) is 23.1. The van der Waals surface area contributed by atoms with Crippen LogP contribution in [0.3, 0.4) is 0 Å². The third-order valence-electron chi connectivity index (χ3n) is 7.73. The summed E-state index contributed by atoms with van der Waals surface area (Å²) in [6.07, 6.45) is 4.82. The summed E-state index contributed by atoms with van der Waals surface area (Å²) in [7, 11) is 0. The van der Waals surface area contributed by atoms with Crippen LogP contribution in [0.4, 0.5) is 0 Å². The number of hydrogen-bond donors (Lipinski definition) is 1. The van der Waals surface area contributed by atoms with E-state index in [9.17, 15) is 14.7 Å². The van der Waals surface area contributed by atoms with Gasteiger partial charge in [0, 0.05) is 42.8 Å². The Balaban J connectivity index is 1.56. The number of likely N-dealkylation sites (tertiary alicyclic amines) is 1. The van der Waals surface area contributed by atoms with Gasteiger partial charge in [0.1, 0.15) is 11.4 Å². The molecule has 0 saturated carbocycles. The predicted octanol–water partition coefficient (Wildman–Crippen LogP) is 4.83. The van der Waals surface area contributed by atoms with Gasteiger partial charge in [0.2, 0.25) is 5.91 Å². The Morgan fingerprint density at radius 3 is 2.78 bits per heavy atom. The molecule has 3 aliphatic rings. The minimum atomic E-state index is -0.809. The fourth-order valence-electron chi connectivity index (χ4n) is 5.86. The Morgan fingerprint density at radius 2 is 2.03 bits per heavy atom. The van der Waals surface area contributed by atoms with Gasteiger partial charge in [-0.05, 0) is 51.0 Å². The van der Waals surface area contributed by atoms with Crippen LogP contribution in [-0.2, 0) is 14.3 Å². The number of carboxylic acids is 1. The molecule has 3 heterocycles. The van der Waals surface area contributed by atoms with Gasteiger partial charge in [-0.25, -0.2) is 0 Å². The second-order valence-corrected chi connectivity index (χ2v) is 10.7. The summed E-state index contributed by atoms with van der Waals surface area (Å²) < 4.78 is 13.1. The molecule has 1 amide bonds. The fraction of sp³-hybridized carbons (Fsp3) is 0.692. The zero-order chi connectivity index (χ0) is 22.9. The first-order chi connectivity index (χ1) is 15.2. The van der Waals surface area contributed by atoms with Crippen LogP contribution >= 0.6 is 0 Å². The van der Waals surface area contributed by atoms with E-state index in [2.05, 4.69) is 19.9 Å². The maximum absolute atomic E-state index is 12.9. The lowest BCUT2D eigenvalue weighted by Gasteiger charge is -2.55. The van der Waals surface area contributed by atoms with Crippen LogP contribution in [0, 0.1) is 17.3 Å². The minimum absolute atomic E-state index is 0.0521. The van der Waals surface area contributed by atoms with Crippen molar-refractivity contribution < 1.29 is 24.2 Å². The molecule has 1 spiro atoms. The lowest BCUT2D eigenvalue weighted by atomic mass is 9.64. The Morgan fingerprint density at radius 1 is 1.25 bits per heavy atom. The maximum Gasteiger partial charge on any atom is 0.303 e. The van der Waals surface area contributed by atoms with E-state index in [0.29, 0.717) is 25.4 Å². The molecule has 1 N–H and O–H groups in total. The molecule has 1 aromatic carbocycles. The predicted molar refractivity (Wildman–Crippen MR) is 121 cm³/mol. The van der Waals surface area contributed by atoms with Gasteiger partial charge in [0.15, 0.2) is 0 Å². The molecule has 4 atom stereocenters. The highest BCUT2D eigenvalue weighted by Gasteiger charge is 2.54. The van der Waals surface area contributed by atoms with Gasteiger partial charge in [-0.1, -0.05) is 32.0 Å². The second-order valence-electron chi connectivity index (χ2n) is 10.7. The molecule has 0 bridgehead atoms. The Bertz CT molecular complexity index is 854. The van der Waals surface area contributed by atoms with Crippen molar-refractivity contribution in [2.75, 3.05) is 19.7 Å². The summed E-state index contributed by atoms with van der Waals surface area (Å²) in [5.74, 6) is 0.809. The van der Waals surface area contributed by atoms with Crippen molar-refractivity contribution in [1.29, 1.82) is 0 Å². The molecule has 6 nitrogen and oxygen atoms in total. The Kier molecular flexibility index (Phi) is 6.53. The summed E-state index contributed by atoms with van der Waals surface area (Å²) in [5, 5.41) is 9.35. The van der Waals surface area contributed by atoms with Crippen molar-refractivity contribution in [2.45, 2.75) is 77.4 Å². The largest absolute Gasteiger partial charge is 0.487 e. The van der Waals surface area contributed by atoms with Gasteiger partial charge < -0.3 is 19.5 Å². The molecule has 6 heteroatoms. The molecule has 3 aliphatic heterocycles. The highest BCUT2D eigenvalue weighted by molar-refractivity contribution is 5.76. The number of nitrogens with zero attached hydrogens (tertiary/aromatic N) is 1. The molecule has 2 saturated heterocycles. The number of piperidine rings is 1. The molecule has 0 unspecified atom stereocenters. The summed E-state index contributed by atoms with van der Waals surface area (Å²) in [4.78, 5) is 26.3. The number of hydrogen-bond acceptors (Lipinski definition) is 4. The van der Waals surface area contributed by atoms with Crippen molar-refractivity contribution >= 4 is 11.9 Å². The first-order valence-corrected chi connectivity index (χ1v) is 12.1. The van der Waals surface area contributed by atoms with Crippen molar-refractivity contribution in [2.24, 2.45) is 17.3 Å². The number of ether oxygens (including phenoxy) is 2. The second kappa shape index (κ2) is 9.05. The fourth-order valence-corrected chi connectivity index (χ4v) is 5.86. The Hall–Kier alpha value is -2.08. The van der Waals surface area contributed by atoms with E-state index in [0.717, 1.165) is 50.1 Å². The standard InChI is InChI=1S/C26H37NO5/c1-18(2)9-10-22(28)27-14-6-12-26(16-27)15-20-24(31-17-26)19-7-4-5-8-21(19)32-25(20,3)13-11-23(29)30/h4-5,7-8,18,20,24H,6,9-17H2,1-3H3,(H,29,30)/t20-,24+,25+,26-/m0/s1. The molecule has 1 aromatic rings. The molecule has 2 fully saturated rings. The number of rotatable bonds is 6. The average Bonchev–Trinajstić information content (AvgIpc) is 2.76. The number of carbonyl (C=O) groups is 2. The zero-order valence-electron chi connectivity index (χ0n) is 19.6.